The van der Waals surface area contributed by atoms with E-state index in [4.69, 9.17) is 16.3 Å². The van der Waals surface area contributed by atoms with E-state index in [0.29, 0.717) is 15.6 Å². The minimum Gasteiger partial charge on any atom is -0.424 e. The van der Waals surface area contributed by atoms with Gasteiger partial charge in [-0.3, -0.25) is 0 Å². The lowest BCUT2D eigenvalue weighted by molar-refractivity contribution is 0.438. The van der Waals surface area contributed by atoms with Gasteiger partial charge in [-0.15, -0.1) is 23.5 Å². The lowest BCUT2D eigenvalue weighted by atomic mass is 10.2. The Balaban J connectivity index is 1.85. The summed E-state index contributed by atoms with van der Waals surface area (Å²) in [6.07, 6.45) is 3.07. The van der Waals surface area contributed by atoms with Crippen molar-refractivity contribution in [3.05, 3.63) is 47.2 Å². The molecule has 3 nitrogen and oxygen atoms in total. The third-order valence-electron chi connectivity index (χ3n) is 2.59. The van der Waals surface area contributed by atoms with Gasteiger partial charge in [-0.2, -0.15) is 0 Å². The van der Waals surface area contributed by atoms with Gasteiger partial charge in [-0.05, 0) is 6.07 Å². The summed E-state index contributed by atoms with van der Waals surface area (Å²) < 4.78 is 6.20. The van der Waals surface area contributed by atoms with Crippen LogP contribution in [0.1, 0.15) is 10.1 Å². The highest BCUT2D eigenvalue weighted by Gasteiger charge is 2.22. The van der Waals surface area contributed by atoms with Crippen LogP contribution >= 0.6 is 35.1 Å². The van der Waals surface area contributed by atoms with Gasteiger partial charge in [0.25, 0.3) is 0 Å². The summed E-state index contributed by atoms with van der Waals surface area (Å²) in [6.45, 7) is 0. The molecule has 0 radical (unpaired) electrons. The van der Waals surface area contributed by atoms with Crippen LogP contribution in [0.5, 0.6) is 11.8 Å². The minimum absolute atomic E-state index is 0.324. The Hall–Kier alpha value is -0.910. The molecule has 0 saturated carbocycles. The van der Waals surface area contributed by atoms with Gasteiger partial charge in [0.1, 0.15) is 5.75 Å². The monoisotopic (exact) mass is 310 g/mol. The molecule has 1 aliphatic heterocycles. The first-order valence-electron chi connectivity index (χ1n) is 5.80. The second-order valence-electron chi connectivity index (χ2n) is 3.90. The smallest absolute Gasteiger partial charge is 0.321 e. The van der Waals surface area contributed by atoms with Crippen molar-refractivity contribution in [1.29, 1.82) is 0 Å². The van der Waals surface area contributed by atoms with Gasteiger partial charge in [-0.1, -0.05) is 29.8 Å². The first kappa shape index (κ1) is 13.1. The average Bonchev–Trinajstić information content (AvgIpc) is 2.96. The van der Waals surface area contributed by atoms with Gasteiger partial charge in [-0.25, -0.2) is 9.97 Å². The summed E-state index contributed by atoms with van der Waals surface area (Å²) >= 11 is 9.65. The predicted octanol–water partition coefficient (Wildman–Crippen LogP) is 4.40. The number of aromatic nitrogens is 2. The lowest BCUT2D eigenvalue weighted by Crippen LogP contribution is -1.95. The van der Waals surface area contributed by atoms with E-state index in [1.807, 2.05) is 41.7 Å². The number of hydrogen-bond acceptors (Lipinski definition) is 5. The van der Waals surface area contributed by atoms with Crippen molar-refractivity contribution in [3.8, 4) is 11.8 Å². The summed E-state index contributed by atoms with van der Waals surface area (Å²) in [4.78, 5) is 8.12. The fourth-order valence-corrected chi connectivity index (χ4v) is 4.76. The number of para-hydroxylation sites is 1. The molecule has 0 atom stereocenters. The normalized spacial score (nSPS) is 15.6. The van der Waals surface area contributed by atoms with Crippen LogP contribution in [0.4, 0.5) is 0 Å². The molecule has 6 heteroatoms. The van der Waals surface area contributed by atoms with Gasteiger partial charge in [0, 0.05) is 17.1 Å². The van der Waals surface area contributed by atoms with Crippen LogP contribution in [-0.4, -0.2) is 21.5 Å². The lowest BCUT2D eigenvalue weighted by Gasteiger charge is -2.13. The molecule has 1 saturated heterocycles. The molecule has 0 spiro atoms. The molecule has 0 amide bonds. The zero-order valence-corrected chi connectivity index (χ0v) is 12.3. The molecule has 0 aliphatic carbocycles. The summed E-state index contributed by atoms with van der Waals surface area (Å²) in [5, 5.41) is 0.502. The Bertz CT molecular complexity index is 559. The second kappa shape index (κ2) is 6.03. The van der Waals surface area contributed by atoms with Crippen LogP contribution < -0.4 is 4.74 Å². The third kappa shape index (κ3) is 3.16. The second-order valence-corrected chi connectivity index (χ2v) is 7.06. The Labute approximate surface area is 125 Å². The van der Waals surface area contributed by atoms with Gasteiger partial charge in [0.05, 0.1) is 22.0 Å². The van der Waals surface area contributed by atoms with Gasteiger partial charge in [0.2, 0.25) is 0 Å². The molecule has 1 aromatic carbocycles. The van der Waals surface area contributed by atoms with Crippen molar-refractivity contribution < 1.29 is 4.74 Å². The molecule has 0 N–H and O–H groups in total. The van der Waals surface area contributed by atoms with Crippen LogP contribution in [-0.2, 0) is 0 Å². The number of benzene rings is 1. The summed E-state index contributed by atoms with van der Waals surface area (Å²) in [7, 11) is 0. The highest BCUT2D eigenvalue weighted by Crippen LogP contribution is 2.48. The molecule has 1 aromatic heterocycles. The number of ether oxygens (including phenoxy) is 1. The van der Waals surface area contributed by atoms with Crippen LogP contribution in [0.2, 0.25) is 5.02 Å². The number of rotatable bonds is 3. The first-order chi connectivity index (χ1) is 9.33. The van der Waals surface area contributed by atoms with Gasteiger partial charge < -0.3 is 4.74 Å². The van der Waals surface area contributed by atoms with E-state index in [0.717, 1.165) is 5.75 Å². The van der Waals surface area contributed by atoms with Gasteiger partial charge in [0.15, 0.2) is 0 Å². The zero-order valence-electron chi connectivity index (χ0n) is 9.95. The molecule has 1 aliphatic rings. The van der Waals surface area contributed by atoms with E-state index in [1.54, 1.807) is 0 Å². The number of halogens is 1. The molecule has 98 valence electrons. The Morgan fingerprint density at radius 2 is 1.79 bits per heavy atom. The topological polar surface area (TPSA) is 35.0 Å². The van der Waals surface area contributed by atoms with Crippen molar-refractivity contribution in [2.45, 2.75) is 4.58 Å². The molecule has 0 unspecified atom stereocenters. The van der Waals surface area contributed by atoms with Crippen LogP contribution in [0.25, 0.3) is 0 Å². The van der Waals surface area contributed by atoms with Gasteiger partial charge >= 0.3 is 6.01 Å². The zero-order chi connectivity index (χ0) is 13.1. The molecule has 1 fully saturated rings. The largest absolute Gasteiger partial charge is 0.424 e. The Morgan fingerprint density at radius 3 is 2.53 bits per heavy atom. The first-order valence-corrected chi connectivity index (χ1v) is 8.28. The number of hydrogen-bond donors (Lipinski definition) is 0. The minimum atomic E-state index is 0.324. The SMILES string of the molecule is Clc1cnc(Oc2ccccc2C2SCCS2)nc1. The Morgan fingerprint density at radius 1 is 1.11 bits per heavy atom. The standard InChI is InChI=1S/C13H11ClN2OS2/c14-9-7-15-13(16-8-9)17-11-4-2-1-3-10(11)12-18-5-6-19-12/h1-4,7-8,12H,5-6H2. The van der Waals surface area contributed by atoms with Crippen LogP contribution in [0.3, 0.4) is 0 Å². The quantitative estimate of drug-likeness (QED) is 0.839. The highest BCUT2D eigenvalue weighted by molar-refractivity contribution is 8.19. The molecule has 2 heterocycles. The van der Waals surface area contributed by atoms with Crippen molar-refractivity contribution in [1.82, 2.24) is 9.97 Å². The van der Waals surface area contributed by atoms with Crippen molar-refractivity contribution in [3.63, 3.8) is 0 Å². The molecule has 3 rings (SSSR count). The number of nitrogens with zero attached hydrogens (tertiary/aromatic N) is 2. The van der Waals surface area contributed by atoms with E-state index in [1.165, 1.54) is 29.5 Å². The fraction of sp³-hybridized carbons (Fsp3) is 0.231. The third-order valence-corrected chi connectivity index (χ3v) is 5.86. The van der Waals surface area contributed by atoms with E-state index < -0.39 is 0 Å². The number of thioether (sulfide) groups is 2. The van der Waals surface area contributed by atoms with Crippen LogP contribution in [0.15, 0.2) is 36.7 Å². The predicted molar refractivity (Wildman–Crippen MR) is 81.2 cm³/mol. The van der Waals surface area contributed by atoms with Crippen molar-refractivity contribution in [2.75, 3.05) is 11.5 Å². The van der Waals surface area contributed by atoms with E-state index >= 15 is 0 Å². The molecular formula is C13H11ClN2OS2. The average molecular weight is 311 g/mol. The maximum absolute atomic E-state index is 5.77. The molecule has 19 heavy (non-hydrogen) atoms. The summed E-state index contributed by atoms with van der Waals surface area (Å²) in [5.74, 6) is 3.18. The highest BCUT2D eigenvalue weighted by atomic mass is 35.5. The van der Waals surface area contributed by atoms with E-state index in [2.05, 4.69) is 16.0 Å². The molecule has 0 bridgehead atoms. The maximum Gasteiger partial charge on any atom is 0.321 e. The maximum atomic E-state index is 5.77. The fourth-order valence-electron chi connectivity index (χ4n) is 1.76. The van der Waals surface area contributed by atoms with Crippen molar-refractivity contribution in [2.24, 2.45) is 0 Å². The van der Waals surface area contributed by atoms with E-state index in [-0.39, 0.29) is 0 Å². The molecular weight excluding hydrogens is 300 g/mol. The van der Waals surface area contributed by atoms with Crippen LogP contribution in [0, 0.1) is 0 Å². The van der Waals surface area contributed by atoms with Crippen molar-refractivity contribution >= 4 is 35.1 Å². The van der Waals surface area contributed by atoms with E-state index in [9.17, 15) is 0 Å². The summed E-state index contributed by atoms with van der Waals surface area (Å²) in [5.41, 5.74) is 1.19. The molecule has 2 aromatic rings. The summed E-state index contributed by atoms with van der Waals surface area (Å²) in [6, 6.07) is 8.36. The Kier molecular flexibility index (Phi) is 4.15.